The minimum atomic E-state index is -0.642. The highest BCUT2D eigenvalue weighted by molar-refractivity contribution is 9.11. The molecule has 0 spiro atoms. The van der Waals surface area contributed by atoms with Crippen molar-refractivity contribution >= 4 is 33.2 Å². The number of aliphatic carboxylic acids is 1. The van der Waals surface area contributed by atoms with E-state index in [-0.39, 0.29) is 0 Å². The number of halogens is 1. The molecule has 0 amide bonds. The fourth-order valence-electron chi connectivity index (χ4n) is 1.40. The molecule has 13 heavy (non-hydrogen) atoms. The number of rotatable bonds is 3. The summed E-state index contributed by atoms with van der Waals surface area (Å²) in [4.78, 5) is 12.0. The first kappa shape index (κ1) is 9.21. The number of carboxylic acids is 1. The first-order valence-corrected chi connectivity index (χ1v) is 5.71. The van der Waals surface area contributed by atoms with Crippen LogP contribution >= 0.6 is 27.3 Å². The van der Waals surface area contributed by atoms with Gasteiger partial charge in [-0.15, -0.1) is 11.3 Å². The first-order valence-electron chi connectivity index (χ1n) is 4.10. The normalized spacial score (nSPS) is 18.5. The van der Waals surface area contributed by atoms with Crippen LogP contribution in [-0.4, -0.2) is 11.1 Å². The molecule has 2 rings (SSSR count). The SMILES string of the molecule is O=C(O)C1(Cc2ccc(Br)s2)CC1. The van der Waals surface area contributed by atoms with Crippen LogP contribution in [-0.2, 0) is 11.2 Å². The van der Waals surface area contributed by atoms with Crippen LogP contribution in [0.1, 0.15) is 17.7 Å². The van der Waals surface area contributed by atoms with Crippen molar-refractivity contribution in [1.29, 1.82) is 0 Å². The summed E-state index contributed by atoms with van der Waals surface area (Å²) < 4.78 is 1.07. The van der Waals surface area contributed by atoms with Crippen molar-refractivity contribution in [3.63, 3.8) is 0 Å². The second-order valence-electron chi connectivity index (χ2n) is 3.47. The monoisotopic (exact) mass is 260 g/mol. The predicted octanol–water partition coefficient (Wildman–Crippen LogP) is 2.92. The van der Waals surface area contributed by atoms with Crippen molar-refractivity contribution in [2.24, 2.45) is 5.41 Å². The summed E-state index contributed by atoms with van der Waals surface area (Å²) in [5.41, 5.74) is -0.426. The number of hydrogen-bond donors (Lipinski definition) is 1. The quantitative estimate of drug-likeness (QED) is 0.908. The zero-order chi connectivity index (χ0) is 9.47. The molecule has 70 valence electrons. The van der Waals surface area contributed by atoms with Crippen molar-refractivity contribution in [3.8, 4) is 0 Å². The maximum absolute atomic E-state index is 10.9. The third kappa shape index (κ3) is 1.79. The van der Waals surface area contributed by atoms with Gasteiger partial charge in [0.15, 0.2) is 0 Å². The van der Waals surface area contributed by atoms with E-state index in [1.165, 1.54) is 0 Å². The van der Waals surface area contributed by atoms with Gasteiger partial charge < -0.3 is 5.11 Å². The van der Waals surface area contributed by atoms with E-state index in [4.69, 9.17) is 5.11 Å². The first-order chi connectivity index (χ1) is 6.12. The summed E-state index contributed by atoms with van der Waals surface area (Å²) in [6.07, 6.45) is 2.36. The molecule has 0 atom stereocenters. The van der Waals surface area contributed by atoms with E-state index < -0.39 is 11.4 Å². The summed E-state index contributed by atoms with van der Waals surface area (Å²) in [6, 6.07) is 3.97. The van der Waals surface area contributed by atoms with Crippen molar-refractivity contribution in [1.82, 2.24) is 0 Å². The van der Waals surface area contributed by atoms with Gasteiger partial charge in [0.1, 0.15) is 0 Å². The van der Waals surface area contributed by atoms with Crippen LogP contribution < -0.4 is 0 Å². The molecule has 0 aromatic carbocycles. The average molecular weight is 261 g/mol. The Morgan fingerprint density at radius 2 is 2.31 bits per heavy atom. The zero-order valence-electron chi connectivity index (χ0n) is 6.92. The number of thiophene rings is 1. The van der Waals surface area contributed by atoms with Gasteiger partial charge in [-0.05, 0) is 47.3 Å². The molecule has 1 aromatic rings. The maximum Gasteiger partial charge on any atom is 0.309 e. The Balaban J connectivity index is 2.10. The smallest absolute Gasteiger partial charge is 0.309 e. The Labute approximate surface area is 88.7 Å². The fourth-order valence-corrected chi connectivity index (χ4v) is 3.02. The largest absolute Gasteiger partial charge is 0.481 e. The van der Waals surface area contributed by atoms with E-state index in [0.717, 1.165) is 21.5 Å². The zero-order valence-corrected chi connectivity index (χ0v) is 9.32. The van der Waals surface area contributed by atoms with Crippen molar-refractivity contribution in [2.45, 2.75) is 19.3 Å². The van der Waals surface area contributed by atoms with Crippen molar-refractivity contribution in [2.75, 3.05) is 0 Å². The van der Waals surface area contributed by atoms with Crippen LogP contribution in [0.25, 0.3) is 0 Å². The average Bonchev–Trinajstić information content (AvgIpc) is 2.72. The van der Waals surface area contributed by atoms with Gasteiger partial charge in [-0.1, -0.05) is 0 Å². The molecule has 4 heteroatoms. The lowest BCUT2D eigenvalue weighted by Crippen LogP contribution is -2.16. The van der Waals surface area contributed by atoms with Gasteiger partial charge >= 0.3 is 5.97 Å². The van der Waals surface area contributed by atoms with Crippen LogP contribution in [0, 0.1) is 5.41 Å². The standard InChI is InChI=1S/C9H9BrO2S/c10-7-2-1-6(13-7)5-9(3-4-9)8(11)12/h1-2H,3-5H2,(H,11,12). The van der Waals surface area contributed by atoms with Gasteiger partial charge in [0, 0.05) is 4.88 Å². The Bertz CT molecular complexity index is 341. The molecular weight excluding hydrogens is 252 g/mol. The highest BCUT2D eigenvalue weighted by Crippen LogP contribution is 2.49. The van der Waals surface area contributed by atoms with Gasteiger partial charge in [0.2, 0.25) is 0 Å². The fraction of sp³-hybridized carbons (Fsp3) is 0.444. The molecule has 0 aliphatic heterocycles. The summed E-state index contributed by atoms with van der Waals surface area (Å²) in [5.74, 6) is -0.642. The lowest BCUT2D eigenvalue weighted by molar-refractivity contribution is -0.143. The second kappa shape index (κ2) is 3.10. The molecular formula is C9H9BrO2S. The molecule has 1 saturated carbocycles. The minimum absolute atomic E-state index is 0.426. The number of hydrogen-bond acceptors (Lipinski definition) is 2. The molecule has 1 aliphatic carbocycles. The molecule has 1 aromatic heterocycles. The summed E-state index contributed by atoms with van der Waals surface area (Å²) in [7, 11) is 0. The van der Waals surface area contributed by atoms with E-state index in [0.29, 0.717) is 6.42 Å². The van der Waals surface area contributed by atoms with Gasteiger partial charge in [-0.25, -0.2) is 0 Å². The molecule has 1 N–H and O–H groups in total. The number of carbonyl (C=O) groups is 1. The third-order valence-corrected chi connectivity index (χ3v) is 4.07. The van der Waals surface area contributed by atoms with Gasteiger partial charge in [0.05, 0.1) is 9.20 Å². The van der Waals surface area contributed by atoms with Crippen molar-refractivity contribution < 1.29 is 9.90 Å². The Hall–Kier alpha value is -0.350. The van der Waals surface area contributed by atoms with Gasteiger partial charge in [-0.2, -0.15) is 0 Å². The van der Waals surface area contributed by atoms with E-state index >= 15 is 0 Å². The molecule has 0 radical (unpaired) electrons. The molecule has 1 fully saturated rings. The van der Waals surface area contributed by atoms with Crippen LogP contribution in [0.4, 0.5) is 0 Å². The van der Waals surface area contributed by atoms with E-state index in [2.05, 4.69) is 15.9 Å². The lowest BCUT2D eigenvalue weighted by atomic mass is 10.0. The molecule has 1 aliphatic rings. The van der Waals surface area contributed by atoms with Crippen LogP contribution in [0.5, 0.6) is 0 Å². The minimum Gasteiger partial charge on any atom is -0.481 e. The Morgan fingerprint density at radius 3 is 2.69 bits per heavy atom. The van der Waals surface area contributed by atoms with Crippen LogP contribution in [0.3, 0.4) is 0 Å². The molecule has 0 bridgehead atoms. The van der Waals surface area contributed by atoms with Gasteiger partial charge in [0.25, 0.3) is 0 Å². The Morgan fingerprint density at radius 1 is 1.62 bits per heavy atom. The summed E-state index contributed by atoms with van der Waals surface area (Å²) in [5, 5.41) is 8.96. The molecule has 0 unspecified atom stereocenters. The van der Waals surface area contributed by atoms with Crippen LogP contribution in [0.2, 0.25) is 0 Å². The summed E-state index contributed by atoms with van der Waals surface area (Å²) in [6.45, 7) is 0. The second-order valence-corrected chi connectivity index (χ2v) is 6.02. The van der Waals surface area contributed by atoms with Crippen molar-refractivity contribution in [3.05, 3.63) is 20.8 Å². The lowest BCUT2D eigenvalue weighted by Gasteiger charge is -2.06. The Kier molecular flexibility index (Phi) is 2.20. The predicted molar refractivity (Wildman–Crippen MR) is 55.0 cm³/mol. The van der Waals surface area contributed by atoms with E-state index in [1.54, 1.807) is 11.3 Å². The highest BCUT2D eigenvalue weighted by atomic mass is 79.9. The van der Waals surface area contributed by atoms with Gasteiger partial charge in [-0.3, -0.25) is 4.79 Å². The number of carboxylic acid groups (broad SMARTS) is 1. The van der Waals surface area contributed by atoms with E-state index in [1.807, 2.05) is 12.1 Å². The summed E-state index contributed by atoms with van der Waals surface area (Å²) >= 11 is 4.99. The topological polar surface area (TPSA) is 37.3 Å². The molecule has 1 heterocycles. The van der Waals surface area contributed by atoms with E-state index in [9.17, 15) is 4.79 Å². The molecule has 0 saturated heterocycles. The third-order valence-electron chi connectivity index (χ3n) is 2.45. The molecule has 2 nitrogen and oxygen atoms in total. The van der Waals surface area contributed by atoms with Crippen LogP contribution in [0.15, 0.2) is 15.9 Å². The maximum atomic E-state index is 10.9. The highest BCUT2D eigenvalue weighted by Gasteiger charge is 2.50.